The van der Waals surface area contributed by atoms with Crippen molar-refractivity contribution in [3.05, 3.63) is 108 Å². The molecule has 1 unspecified atom stereocenters. The zero-order valence-electron chi connectivity index (χ0n) is 28.7. The molecule has 1 aromatic heterocycles. The quantitative estimate of drug-likeness (QED) is 0.106. The Labute approximate surface area is 283 Å². The van der Waals surface area contributed by atoms with E-state index in [-0.39, 0.29) is 24.2 Å². The van der Waals surface area contributed by atoms with E-state index >= 15 is 0 Å². The van der Waals surface area contributed by atoms with E-state index in [4.69, 9.17) is 4.74 Å². The number of nitrogens with one attached hydrogen (secondary N) is 4. The number of ether oxygens (including phenoxy) is 1. The maximum absolute atomic E-state index is 14.1. The van der Waals surface area contributed by atoms with Crippen molar-refractivity contribution in [3.63, 3.8) is 0 Å². The average molecular weight is 655 g/mol. The van der Waals surface area contributed by atoms with Gasteiger partial charge in [-0.25, -0.2) is 4.79 Å². The highest BCUT2D eigenvalue weighted by atomic mass is 16.6. The molecule has 48 heavy (non-hydrogen) atoms. The Kier molecular flexibility index (Phi) is 12.8. The van der Waals surface area contributed by atoms with Crippen molar-refractivity contribution in [1.29, 1.82) is 0 Å². The maximum atomic E-state index is 14.1. The van der Waals surface area contributed by atoms with Crippen molar-refractivity contribution in [3.8, 4) is 0 Å². The third kappa shape index (κ3) is 11.0. The lowest BCUT2D eigenvalue weighted by Gasteiger charge is -2.30. The Morgan fingerprint density at radius 2 is 1.44 bits per heavy atom. The highest BCUT2D eigenvalue weighted by molar-refractivity contribution is 5.89. The van der Waals surface area contributed by atoms with Crippen LogP contribution in [0.5, 0.6) is 0 Å². The maximum Gasteiger partial charge on any atom is 0.407 e. The summed E-state index contributed by atoms with van der Waals surface area (Å²) in [5, 5.41) is 21.6. The monoisotopic (exact) mass is 654 g/mol. The molecule has 256 valence electrons. The molecule has 0 bridgehead atoms. The molecule has 5 N–H and O–H groups in total. The fourth-order valence-electron chi connectivity index (χ4n) is 5.74. The number of amides is 3. The largest absolute Gasteiger partial charge is 0.444 e. The Morgan fingerprint density at radius 1 is 0.833 bits per heavy atom. The summed E-state index contributed by atoms with van der Waals surface area (Å²) >= 11 is 0. The molecule has 5 atom stereocenters. The van der Waals surface area contributed by atoms with Crippen molar-refractivity contribution < 1.29 is 24.2 Å². The summed E-state index contributed by atoms with van der Waals surface area (Å²) < 4.78 is 5.51. The zero-order chi connectivity index (χ0) is 34.7. The predicted octanol–water partition coefficient (Wildman–Crippen LogP) is 6.06. The van der Waals surface area contributed by atoms with E-state index in [9.17, 15) is 19.5 Å². The number of aliphatic hydroxyl groups is 1. The summed E-state index contributed by atoms with van der Waals surface area (Å²) in [5.41, 5.74) is 2.98. The van der Waals surface area contributed by atoms with Crippen molar-refractivity contribution in [1.82, 2.24) is 20.9 Å². The van der Waals surface area contributed by atoms with Gasteiger partial charge in [0.05, 0.1) is 18.7 Å². The Bertz CT molecular complexity index is 1580. The predicted molar refractivity (Wildman–Crippen MR) is 189 cm³/mol. The van der Waals surface area contributed by atoms with E-state index in [1.165, 1.54) is 0 Å². The first-order valence-corrected chi connectivity index (χ1v) is 16.8. The molecule has 0 aliphatic heterocycles. The van der Waals surface area contributed by atoms with Crippen LogP contribution in [0.15, 0.2) is 91.0 Å². The number of carbonyl (C=O) groups is 3. The zero-order valence-corrected chi connectivity index (χ0v) is 28.7. The Morgan fingerprint density at radius 3 is 2.04 bits per heavy atom. The second kappa shape index (κ2) is 17.0. The standard InChI is InChI=1S/C39H50N4O5/c1-6-26(2)35(37(46)40-25-31-23-29-19-13-14-20-32(29)41-31)43-36(45)30(21-27-15-9-7-10-16-27)24-34(44)33(22-28-17-11-8-12-18-28)42-38(47)48-39(3,4)5/h7-20,23,26,30,33-35,41,44H,6,21-22,24-25H2,1-5H3,(H,40,46)(H,42,47)(H,43,45)/t26?,30-,33+,34+,35+/m1/s1. The van der Waals surface area contributed by atoms with E-state index in [2.05, 4.69) is 20.9 Å². The molecule has 0 fully saturated rings. The topological polar surface area (TPSA) is 133 Å². The van der Waals surface area contributed by atoms with Gasteiger partial charge in [-0.2, -0.15) is 0 Å². The van der Waals surface area contributed by atoms with Gasteiger partial charge in [-0.1, -0.05) is 99.1 Å². The van der Waals surface area contributed by atoms with Gasteiger partial charge in [0.2, 0.25) is 11.8 Å². The third-order valence-corrected chi connectivity index (χ3v) is 8.52. The van der Waals surface area contributed by atoms with Gasteiger partial charge >= 0.3 is 6.09 Å². The van der Waals surface area contributed by atoms with Crippen LogP contribution in [0.25, 0.3) is 10.9 Å². The molecule has 0 saturated heterocycles. The van der Waals surface area contributed by atoms with Gasteiger partial charge in [0.15, 0.2) is 0 Å². The number of hydrogen-bond acceptors (Lipinski definition) is 5. The lowest BCUT2D eigenvalue weighted by atomic mass is 9.88. The van der Waals surface area contributed by atoms with Gasteiger partial charge in [0.1, 0.15) is 11.6 Å². The highest BCUT2D eigenvalue weighted by Crippen LogP contribution is 2.21. The molecular weight excluding hydrogens is 604 g/mol. The van der Waals surface area contributed by atoms with Gasteiger partial charge in [0, 0.05) is 17.1 Å². The number of aromatic amines is 1. The molecule has 0 radical (unpaired) electrons. The number of aromatic nitrogens is 1. The molecule has 0 aliphatic carbocycles. The highest BCUT2D eigenvalue weighted by Gasteiger charge is 2.33. The van der Waals surface area contributed by atoms with Gasteiger partial charge in [-0.05, 0) is 74.6 Å². The van der Waals surface area contributed by atoms with Crippen LogP contribution in [0.1, 0.15) is 64.3 Å². The number of carbonyl (C=O) groups excluding carboxylic acids is 3. The fraction of sp³-hybridized carbons (Fsp3) is 0.410. The van der Waals surface area contributed by atoms with E-state index in [0.717, 1.165) is 27.7 Å². The number of para-hydroxylation sites is 1. The minimum absolute atomic E-state index is 0.0535. The molecule has 4 rings (SSSR count). The van der Waals surface area contributed by atoms with E-state index < -0.39 is 35.8 Å². The van der Waals surface area contributed by atoms with Gasteiger partial charge < -0.3 is 30.8 Å². The van der Waals surface area contributed by atoms with Crippen LogP contribution in [0.4, 0.5) is 4.79 Å². The summed E-state index contributed by atoms with van der Waals surface area (Å²) in [7, 11) is 0. The summed E-state index contributed by atoms with van der Waals surface area (Å²) in [6, 6.07) is 27.6. The molecule has 3 aromatic carbocycles. The fourth-order valence-corrected chi connectivity index (χ4v) is 5.74. The second-order valence-electron chi connectivity index (χ2n) is 13.6. The van der Waals surface area contributed by atoms with Crippen LogP contribution < -0.4 is 16.0 Å². The Hall–Kier alpha value is -4.63. The molecular formula is C39H50N4O5. The van der Waals surface area contributed by atoms with Crippen LogP contribution >= 0.6 is 0 Å². The number of H-pyrrole nitrogens is 1. The van der Waals surface area contributed by atoms with Crippen LogP contribution in [-0.4, -0.2) is 51.8 Å². The van der Waals surface area contributed by atoms with Crippen LogP contribution in [0.3, 0.4) is 0 Å². The first kappa shape index (κ1) is 36.2. The van der Waals surface area contributed by atoms with Crippen LogP contribution in [0.2, 0.25) is 0 Å². The first-order valence-electron chi connectivity index (χ1n) is 16.8. The number of hydrogen-bond donors (Lipinski definition) is 5. The molecule has 0 saturated carbocycles. The minimum atomic E-state index is -1.09. The van der Waals surface area contributed by atoms with Crippen molar-refractivity contribution >= 4 is 28.8 Å². The van der Waals surface area contributed by atoms with Crippen LogP contribution in [-0.2, 0) is 33.7 Å². The summed E-state index contributed by atoms with van der Waals surface area (Å²) in [6.45, 7) is 9.55. The first-order chi connectivity index (χ1) is 22.9. The summed E-state index contributed by atoms with van der Waals surface area (Å²) in [5.74, 6) is -1.43. The van der Waals surface area contributed by atoms with Gasteiger partial charge in [-0.15, -0.1) is 0 Å². The molecule has 9 heteroatoms. The third-order valence-electron chi connectivity index (χ3n) is 8.52. The van der Waals surface area contributed by atoms with Crippen LogP contribution in [0, 0.1) is 11.8 Å². The number of alkyl carbamates (subject to hydrolysis) is 1. The second-order valence-corrected chi connectivity index (χ2v) is 13.6. The van der Waals surface area contributed by atoms with Crippen molar-refractivity contribution in [2.75, 3.05) is 0 Å². The molecule has 1 heterocycles. The van der Waals surface area contributed by atoms with E-state index in [1.807, 2.05) is 105 Å². The van der Waals surface area contributed by atoms with E-state index in [1.54, 1.807) is 20.8 Å². The lowest BCUT2D eigenvalue weighted by Crippen LogP contribution is -2.53. The minimum Gasteiger partial charge on any atom is -0.444 e. The van der Waals surface area contributed by atoms with E-state index in [0.29, 0.717) is 25.8 Å². The number of rotatable bonds is 15. The molecule has 4 aromatic rings. The Balaban J connectivity index is 1.52. The number of benzene rings is 3. The summed E-state index contributed by atoms with van der Waals surface area (Å²) in [6.07, 6.45) is -0.316. The SMILES string of the molecule is CCC(C)[C@H](NC(=O)[C@H](Cc1ccccc1)C[C@H](O)[C@H](Cc1ccccc1)NC(=O)OC(C)(C)C)C(=O)NCc1cc2ccccc2[nH]1. The molecule has 3 amide bonds. The van der Waals surface area contributed by atoms with Gasteiger partial charge in [-0.3, -0.25) is 9.59 Å². The molecule has 9 nitrogen and oxygen atoms in total. The van der Waals surface area contributed by atoms with Gasteiger partial charge in [0.25, 0.3) is 0 Å². The summed E-state index contributed by atoms with van der Waals surface area (Å²) in [4.78, 5) is 43.8. The van der Waals surface area contributed by atoms with Crippen molar-refractivity contribution in [2.45, 2.75) is 90.6 Å². The lowest BCUT2D eigenvalue weighted by molar-refractivity contribution is -0.133. The molecule has 0 aliphatic rings. The molecule has 0 spiro atoms. The normalized spacial score (nSPS) is 14.7. The van der Waals surface area contributed by atoms with Crippen molar-refractivity contribution in [2.24, 2.45) is 11.8 Å². The number of fused-ring (bicyclic) bond motifs is 1. The average Bonchev–Trinajstić information content (AvgIpc) is 3.48. The smallest absolute Gasteiger partial charge is 0.407 e. The number of aliphatic hydroxyl groups excluding tert-OH is 1.